The van der Waals surface area contributed by atoms with Crippen LogP contribution in [0.1, 0.15) is 37.9 Å². The summed E-state index contributed by atoms with van der Waals surface area (Å²) in [6.45, 7) is 0. The second-order valence-corrected chi connectivity index (χ2v) is 3.81. The Balaban J connectivity index is 1.88. The Morgan fingerprint density at radius 2 is 2.14 bits per heavy atom. The van der Waals surface area contributed by atoms with Crippen molar-refractivity contribution in [3.63, 3.8) is 0 Å². The highest BCUT2D eigenvalue weighted by Gasteiger charge is 2.21. The van der Waals surface area contributed by atoms with Crippen LogP contribution < -0.4 is 0 Å². The molecule has 1 aliphatic rings. The van der Waals surface area contributed by atoms with Crippen LogP contribution in [0.15, 0.2) is 0 Å². The molecule has 0 aromatic carbocycles. The van der Waals surface area contributed by atoms with E-state index < -0.39 is 0 Å². The van der Waals surface area contributed by atoms with Crippen molar-refractivity contribution in [1.29, 1.82) is 0 Å². The van der Waals surface area contributed by atoms with Gasteiger partial charge >= 0.3 is 0 Å². The number of hydrogen-bond donors (Lipinski definition) is 1. The van der Waals surface area contributed by atoms with Crippen LogP contribution in [0.25, 0.3) is 0 Å². The number of aromatic amines is 1. The summed E-state index contributed by atoms with van der Waals surface area (Å²) in [5.74, 6) is 1.02. The highest BCUT2D eigenvalue weighted by Crippen LogP contribution is 2.24. The molecule has 1 heterocycles. The molecule has 2 rings (SSSR count). The molecule has 1 fully saturated rings. The summed E-state index contributed by atoms with van der Waals surface area (Å²) < 4.78 is 0. The number of ketones is 1. The lowest BCUT2D eigenvalue weighted by Crippen LogP contribution is -2.20. The van der Waals surface area contributed by atoms with Crippen molar-refractivity contribution in [2.24, 2.45) is 5.92 Å². The van der Waals surface area contributed by atoms with Gasteiger partial charge in [0, 0.05) is 5.92 Å². The summed E-state index contributed by atoms with van der Waals surface area (Å²) >= 11 is 0. The molecule has 1 aromatic rings. The maximum Gasteiger partial charge on any atom is 0.181 e. The van der Waals surface area contributed by atoms with E-state index in [9.17, 15) is 4.79 Å². The van der Waals surface area contributed by atoms with Gasteiger partial charge in [0.25, 0.3) is 0 Å². The molecule has 1 saturated carbocycles. The molecule has 0 bridgehead atoms. The monoisotopic (exact) mass is 194 g/mol. The van der Waals surface area contributed by atoms with Gasteiger partial charge in [-0.1, -0.05) is 24.5 Å². The molecule has 76 valence electrons. The molecule has 5 heteroatoms. The van der Waals surface area contributed by atoms with Crippen LogP contribution in [0.2, 0.25) is 0 Å². The topological polar surface area (TPSA) is 71.5 Å². The Morgan fingerprint density at radius 1 is 1.36 bits per heavy atom. The number of aromatic nitrogens is 4. The SMILES string of the molecule is O=C(Cc1nn[nH]n1)C1CCCCC1. The third-order valence-corrected chi connectivity index (χ3v) is 2.78. The molecule has 0 saturated heterocycles. The zero-order valence-electron chi connectivity index (χ0n) is 8.07. The smallest absolute Gasteiger partial charge is 0.181 e. The highest BCUT2D eigenvalue weighted by atomic mass is 16.1. The van der Waals surface area contributed by atoms with Crippen molar-refractivity contribution >= 4 is 5.78 Å². The van der Waals surface area contributed by atoms with Gasteiger partial charge in [0.05, 0.1) is 6.42 Å². The predicted octanol–water partition coefficient (Wildman–Crippen LogP) is 0.892. The Morgan fingerprint density at radius 3 is 2.79 bits per heavy atom. The summed E-state index contributed by atoms with van der Waals surface area (Å²) in [5, 5.41) is 13.4. The van der Waals surface area contributed by atoms with Gasteiger partial charge in [-0.05, 0) is 12.8 Å². The van der Waals surface area contributed by atoms with Gasteiger partial charge in [-0.2, -0.15) is 5.21 Å². The zero-order valence-corrected chi connectivity index (χ0v) is 8.07. The average Bonchev–Trinajstić information content (AvgIpc) is 2.72. The number of carbonyl (C=O) groups is 1. The largest absolute Gasteiger partial charge is 0.299 e. The van der Waals surface area contributed by atoms with E-state index in [1.807, 2.05) is 0 Å². The molecule has 1 aliphatic carbocycles. The lowest BCUT2D eigenvalue weighted by atomic mass is 9.85. The lowest BCUT2D eigenvalue weighted by molar-refractivity contribution is -0.123. The highest BCUT2D eigenvalue weighted by molar-refractivity contribution is 5.82. The summed E-state index contributed by atoms with van der Waals surface area (Å²) in [6.07, 6.45) is 6.05. The normalized spacial score (nSPS) is 18.3. The number of nitrogens with one attached hydrogen (secondary N) is 1. The van der Waals surface area contributed by atoms with E-state index in [1.54, 1.807) is 0 Å². The van der Waals surface area contributed by atoms with Gasteiger partial charge < -0.3 is 0 Å². The van der Waals surface area contributed by atoms with Crippen LogP contribution in [0.3, 0.4) is 0 Å². The van der Waals surface area contributed by atoms with Crippen LogP contribution >= 0.6 is 0 Å². The van der Waals surface area contributed by atoms with Crippen LogP contribution in [-0.2, 0) is 11.2 Å². The fourth-order valence-electron chi connectivity index (χ4n) is 1.98. The minimum Gasteiger partial charge on any atom is -0.299 e. The first kappa shape index (κ1) is 9.30. The molecule has 0 amide bonds. The number of hydrogen-bond acceptors (Lipinski definition) is 4. The number of nitrogens with zero attached hydrogens (tertiary/aromatic N) is 3. The van der Waals surface area contributed by atoms with Gasteiger partial charge in [-0.15, -0.1) is 10.2 Å². The van der Waals surface area contributed by atoms with Crippen molar-refractivity contribution < 1.29 is 4.79 Å². The van der Waals surface area contributed by atoms with Gasteiger partial charge in [0.2, 0.25) is 0 Å². The zero-order chi connectivity index (χ0) is 9.80. The molecule has 0 aliphatic heterocycles. The van der Waals surface area contributed by atoms with Crippen LogP contribution in [0.5, 0.6) is 0 Å². The molecule has 1 aromatic heterocycles. The molecule has 0 unspecified atom stereocenters. The van der Waals surface area contributed by atoms with Gasteiger partial charge in [0.1, 0.15) is 5.78 Å². The Hall–Kier alpha value is -1.26. The Labute approximate surface area is 82.3 Å². The molecule has 14 heavy (non-hydrogen) atoms. The Bertz CT molecular complexity index is 290. The summed E-state index contributed by atoms with van der Waals surface area (Å²) in [6, 6.07) is 0. The standard InChI is InChI=1S/C9H14N4O/c14-8(6-9-10-12-13-11-9)7-4-2-1-3-5-7/h7H,1-6H2,(H,10,11,12,13). The number of H-pyrrole nitrogens is 1. The second kappa shape index (κ2) is 4.30. The molecule has 1 N–H and O–H groups in total. The number of Topliss-reactive ketones (excluding diaryl/α,β-unsaturated/α-hetero) is 1. The quantitative estimate of drug-likeness (QED) is 0.775. The third-order valence-electron chi connectivity index (χ3n) is 2.78. The fraction of sp³-hybridized carbons (Fsp3) is 0.778. The van der Waals surface area contributed by atoms with Gasteiger partial charge in [-0.3, -0.25) is 4.79 Å². The first-order valence-electron chi connectivity index (χ1n) is 5.11. The third kappa shape index (κ3) is 2.16. The van der Waals surface area contributed by atoms with E-state index >= 15 is 0 Å². The number of tetrazole rings is 1. The van der Waals surface area contributed by atoms with Crippen molar-refractivity contribution in [3.05, 3.63) is 5.82 Å². The van der Waals surface area contributed by atoms with Gasteiger partial charge in [0.15, 0.2) is 5.82 Å². The van der Waals surface area contributed by atoms with E-state index in [0.717, 1.165) is 12.8 Å². The summed E-state index contributed by atoms with van der Waals surface area (Å²) in [7, 11) is 0. The first-order valence-corrected chi connectivity index (χ1v) is 5.11. The molecule has 5 nitrogen and oxygen atoms in total. The number of carbonyl (C=O) groups excluding carboxylic acids is 1. The van der Waals surface area contributed by atoms with Gasteiger partial charge in [-0.25, -0.2) is 0 Å². The van der Waals surface area contributed by atoms with Crippen LogP contribution in [0, 0.1) is 5.92 Å². The van der Waals surface area contributed by atoms with Crippen molar-refractivity contribution in [2.75, 3.05) is 0 Å². The van der Waals surface area contributed by atoms with Crippen LogP contribution in [0.4, 0.5) is 0 Å². The second-order valence-electron chi connectivity index (χ2n) is 3.81. The predicted molar refractivity (Wildman–Crippen MR) is 49.5 cm³/mol. The maximum atomic E-state index is 11.7. The van der Waals surface area contributed by atoms with E-state index in [2.05, 4.69) is 20.6 Å². The lowest BCUT2D eigenvalue weighted by Gasteiger charge is -2.19. The summed E-state index contributed by atoms with van der Waals surface area (Å²) in [5.41, 5.74) is 0. The van der Waals surface area contributed by atoms with Crippen molar-refractivity contribution in [1.82, 2.24) is 20.6 Å². The fourth-order valence-corrected chi connectivity index (χ4v) is 1.98. The minimum absolute atomic E-state index is 0.238. The first-order chi connectivity index (χ1) is 6.86. The molecular formula is C9H14N4O. The van der Waals surface area contributed by atoms with E-state index in [4.69, 9.17) is 0 Å². The van der Waals surface area contributed by atoms with E-state index in [0.29, 0.717) is 12.2 Å². The molecule has 0 radical (unpaired) electrons. The van der Waals surface area contributed by atoms with Crippen molar-refractivity contribution in [3.8, 4) is 0 Å². The minimum atomic E-state index is 0.238. The Kier molecular flexibility index (Phi) is 2.86. The van der Waals surface area contributed by atoms with E-state index in [-0.39, 0.29) is 11.7 Å². The summed E-state index contributed by atoms with van der Waals surface area (Å²) in [4.78, 5) is 11.7. The number of rotatable bonds is 3. The maximum absolute atomic E-state index is 11.7. The molecular weight excluding hydrogens is 180 g/mol. The van der Waals surface area contributed by atoms with E-state index in [1.165, 1.54) is 19.3 Å². The van der Waals surface area contributed by atoms with Crippen molar-refractivity contribution in [2.45, 2.75) is 38.5 Å². The molecule has 0 atom stereocenters. The van der Waals surface area contributed by atoms with Crippen LogP contribution in [-0.4, -0.2) is 26.4 Å². The average molecular weight is 194 g/mol. The molecule has 0 spiro atoms.